The molecule has 0 aromatic heterocycles. The number of aliphatic hydroxyl groups is 1. The molecule has 0 fully saturated rings. The van der Waals surface area contributed by atoms with Gasteiger partial charge in [0.2, 0.25) is 0 Å². The lowest BCUT2D eigenvalue weighted by atomic mass is 9.81. The third-order valence-corrected chi connectivity index (χ3v) is 5.86. The molecule has 3 atom stereocenters. The van der Waals surface area contributed by atoms with Crippen molar-refractivity contribution in [2.24, 2.45) is 11.7 Å². The molecule has 1 aliphatic carbocycles. The predicted molar refractivity (Wildman–Crippen MR) is 121 cm³/mol. The third kappa shape index (κ3) is 4.73. The smallest absolute Gasteiger partial charge is 0.120 e. The van der Waals surface area contributed by atoms with Crippen molar-refractivity contribution in [2.45, 2.75) is 38.6 Å². The van der Waals surface area contributed by atoms with Gasteiger partial charge in [-0.15, -0.1) is 0 Å². The van der Waals surface area contributed by atoms with Crippen molar-refractivity contribution in [1.82, 2.24) is 5.32 Å². The number of rotatable bonds is 7. The Morgan fingerprint density at radius 1 is 1.07 bits per heavy atom. The standard InChI is InChI=1S/C26H30N2O2/c1-18(27)28-16-21-12-11-20-15-23(13-14-25(20)26(21)29)30-17-22-9-5-6-10-24(22)19-7-3-2-4-8-19/h2-10,13-15,18,21,26,28-29H,11-12,16-17,27H2,1H3/t18-,21+,26+/m0/s1. The molecule has 4 rings (SSSR count). The Labute approximate surface area is 178 Å². The van der Waals surface area contributed by atoms with Crippen molar-refractivity contribution in [3.05, 3.63) is 89.5 Å². The van der Waals surface area contributed by atoms with E-state index in [0.29, 0.717) is 6.61 Å². The van der Waals surface area contributed by atoms with E-state index >= 15 is 0 Å². The topological polar surface area (TPSA) is 67.5 Å². The number of hydrogen-bond donors (Lipinski definition) is 3. The van der Waals surface area contributed by atoms with Crippen molar-refractivity contribution in [2.75, 3.05) is 6.54 Å². The highest BCUT2D eigenvalue weighted by molar-refractivity contribution is 5.67. The maximum Gasteiger partial charge on any atom is 0.120 e. The molecule has 3 aromatic rings. The minimum atomic E-state index is -0.465. The zero-order chi connectivity index (χ0) is 20.9. The van der Waals surface area contributed by atoms with Crippen LogP contribution in [0.4, 0.5) is 0 Å². The summed E-state index contributed by atoms with van der Waals surface area (Å²) in [5, 5.41) is 14.0. The minimum Gasteiger partial charge on any atom is -0.489 e. The Bertz CT molecular complexity index is 972. The van der Waals surface area contributed by atoms with Gasteiger partial charge in [0, 0.05) is 12.5 Å². The zero-order valence-corrected chi connectivity index (χ0v) is 17.4. The third-order valence-electron chi connectivity index (χ3n) is 5.86. The molecule has 0 spiro atoms. The Balaban J connectivity index is 1.46. The summed E-state index contributed by atoms with van der Waals surface area (Å²) in [6.07, 6.45) is 1.35. The molecule has 1 aliphatic rings. The van der Waals surface area contributed by atoms with Gasteiger partial charge in [0.15, 0.2) is 0 Å². The lowest BCUT2D eigenvalue weighted by Crippen LogP contribution is -2.40. The molecule has 0 amide bonds. The molecule has 0 saturated heterocycles. The van der Waals surface area contributed by atoms with E-state index in [-0.39, 0.29) is 12.1 Å². The number of nitrogens with one attached hydrogen (secondary N) is 1. The highest BCUT2D eigenvalue weighted by Gasteiger charge is 2.28. The van der Waals surface area contributed by atoms with Crippen LogP contribution < -0.4 is 15.8 Å². The summed E-state index contributed by atoms with van der Waals surface area (Å²) in [6, 6.07) is 24.8. The van der Waals surface area contributed by atoms with E-state index in [2.05, 4.69) is 53.8 Å². The summed E-state index contributed by atoms with van der Waals surface area (Å²) >= 11 is 0. The van der Waals surface area contributed by atoms with Crippen molar-refractivity contribution in [1.29, 1.82) is 0 Å². The molecule has 0 aliphatic heterocycles. The lowest BCUT2D eigenvalue weighted by molar-refractivity contribution is 0.0915. The molecule has 0 unspecified atom stereocenters. The fourth-order valence-electron chi connectivity index (χ4n) is 4.19. The second-order valence-corrected chi connectivity index (χ2v) is 8.11. The van der Waals surface area contributed by atoms with Crippen LogP contribution in [0.3, 0.4) is 0 Å². The number of nitrogens with two attached hydrogens (primary N) is 1. The van der Waals surface area contributed by atoms with Crippen LogP contribution in [0.5, 0.6) is 5.75 Å². The van der Waals surface area contributed by atoms with Gasteiger partial charge in [0.05, 0.1) is 12.3 Å². The van der Waals surface area contributed by atoms with E-state index in [4.69, 9.17) is 10.5 Å². The minimum absolute atomic E-state index is 0.0619. The number of benzene rings is 3. The van der Waals surface area contributed by atoms with Gasteiger partial charge in [-0.1, -0.05) is 60.7 Å². The van der Waals surface area contributed by atoms with E-state index in [1.807, 2.05) is 31.2 Å². The molecule has 0 heterocycles. The van der Waals surface area contributed by atoms with Crippen LogP contribution in [0, 0.1) is 5.92 Å². The number of hydrogen-bond acceptors (Lipinski definition) is 4. The fraction of sp³-hybridized carbons (Fsp3) is 0.308. The van der Waals surface area contributed by atoms with Crippen LogP contribution in [0.15, 0.2) is 72.8 Å². The Hall–Kier alpha value is -2.66. The maximum atomic E-state index is 10.8. The molecule has 0 bridgehead atoms. The molecule has 156 valence electrons. The van der Waals surface area contributed by atoms with E-state index in [1.165, 1.54) is 16.7 Å². The lowest BCUT2D eigenvalue weighted by Gasteiger charge is -2.31. The first-order valence-electron chi connectivity index (χ1n) is 10.7. The van der Waals surface area contributed by atoms with Gasteiger partial charge in [0.1, 0.15) is 12.4 Å². The quantitative estimate of drug-likeness (QED) is 0.512. The summed E-state index contributed by atoms with van der Waals surface area (Å²) in [6.45, 7) is 3.16. The highest BCUT2D eigenvalue weighted by atomic mass is 16.5. The zero-order valence-electron chi connectivity index (χ0n) is 17.4. The van der Waals surface area contributed by atoms with Crippen LogP contribution in [0.2, 0.25) is 0 Å². The van der Waals surface area contributed by atoms with E-state index in [0.717, 1.165) is 36.3 Å². The van der Waals surface area contributed by atoms with Crippen LogP contribution in [-0.4, -0.2) is 17.8 Å². The average Bonchev–Trinajstić information content (AvgIpc) is 2.78. The SMILES string of the molecule is C[C@@H](N)NC[C@H]1CCc2cc(OCc3ccccc3-c3ccccc3)ccc2[C@@H]1O. The van der Waals surface area contributed by atoms with Crippen molar-refractivity contribution < 1.29 is 9.84 Å². The van der Waals surface area contributed by atoms with Gasteiger partial charge in [-0.2, -0.15) is 0 Å². The van der Waals surface area contributed by atoms with Gasteiger partial charge in [-0.25, -0.2) is 0 Å². The summed E-state index contributed by atoms with van der Waals surface area (Å²) in [5.41, 5.74) is 11.5. The highest BCUT2D eigenvalue weighted by Crippen LogP contribution is 2.36. The van der Waals surface area contributed by atoms with Crippen molar-refractivity contribution in [3.8, 4) is 16.9 Å². The fourth-order valence-corrected chi connectivity index (χ4v) is 4.19. The second kappa shape index (κ2) is 9.43. The summed E-state index contributed by atoms with van der Waals surface area (Å²) < 4.78 is 6.15. The van der Waals surface area contributed by atoms with Gasteiger partial charge in [-0.3, -0.25) is 0 Å². The van der Waals surface area contributed by atoms with Gasteiger partial charge in [-0.05, 0) is 59.7 Å². The number of fused-ring (bicyclic) bond motifs is 1. The molecule has 0 radical (unpaired) electrons. The van der Waals surface area contributed by atoms with E-state index in [1.54, 1.807) is 0 Å². The second-order valence-electron chi connectivity index (χ2n) is 8.11. The van der Waals surface area contributed by atoms with Gasteiger partial charge < -0.3 is 20.9 Å². The molecule has 4 nitrogen and oxygen atoms in total. The first-order chi connectivity index (χ1) is 14.6. The monoisotopic (exact) mass is 402 g/mol. The summed E-state index contributed by atoms with van der Waals surface area (Å²) in [5.74, 6) is 1.03. The predicted octanol–water partition coefficient (Wildman–Crippen LogP) is 4.42. The molecular weight excluding hydrogens is 372 g/mol. The first-order valence-corrected chi connectivity index (χ1v) is 10.7. The van der Waals surface area contributed by atoms with Gasteiger partial charge in [0.25, 0.3) is 0 Å². The van der Waals surface area contributed by atoms with E-state index in [9.17, 15) is 5.11 Å². The number of aliphatic hydroxyl groups excluding tert-OH is 1. The Morgan fingerprint density at radius 2 is 1.83 bits per heavy atom. The molecular formula is C26H30N2O2. The van der Waals surface area contributed by atoms with Crippen LogP contribution in [-0.2, 0) is 13.0 Å². The molecule has 0 saturated carbocycles. The molecule has 30 heavy (non-hydrogen) atoms. The Morgan fingerprint density at radius 3 is 2.63 bits per heavy atom. The van der Waals surface area contributed by atoms with Crippen molar-refractivity contribution >= 4 is 0 Å². The molecule has 4 N–H and O–H groups in total. The molecule has 3 aromatic carbocycles. The van der Waals surface area contributed by atoms with Gasteiger partial charge >= 0.3 is 0 Å². The number of ether oxygens (including phenoxy) is 1. The average molecular weight is 403 g/mol. The van der Waals surface area contributed by atoms with Crippen LogP contribution in [0.1, 0.15) is 36.1 Å². The normalized spacial score (nSPS) is 19.2. The first kappa shape index (κ1) is 20.6. The van der Waals surface area contributed by atoms with E-state index < -0.39 is 6.10 Å². The largest absolute Gasteiger partial charge is 0.489 e. The van der Waals surface area contributed by atoms with Crippen molar-refractivity contribution in [3.63, 3.8) is 0 Å². The summed E-state index contributed by atoms with van der Waals surface area (Å²) in [7, 11) is 0. The summed E-state index contributed by atoms with van der Waals surface area (Å²) in [4.78, 5) is 0. The maximum absolute atomic E-state index is 10.8. The van der Waals surface area contributed by atoms with Crippen LogP contribution >= 0.6 is 0 Å². The van der Waals surface area contributed by atoms with Crippen LogP contribution in [0.25, 0.3) is 11.1 Å². The Kier molecular flexibility index (Phi) is 6.48. The number of aryl methyl sites for hydroxylation is 1. The molecule has 4 heteroatoms.